The van der Waals surface area contributed by atoms with Crippen LogP contribution in [0.3, 0.4) is 0 Å². The summed E-state index contributed by atoms with van der Waals surface area (Å²) in [6, 6.07) is 8.77. The minimum atomic E-state index is -3.37. The van der Waals surface area contributed by atoms with Crippen molar-refractivity contribution in [3.05, 3.63) is 30.3 Å². The summed E-state index contributed by atoms with van der Waals surface area (Å²) in [5.41, 5.74) is 0.563. The second-order valence-corrected chi connectivity index (χ2v) is 10.8. The molecule has 2 aliphatic heterocycles. The molecule has 0 radical (unpaired) electrons. The van der Waals surface area contributed by atoms with E-state index < -0.39 is 10.0 Å². The molecule has 1 aliphatic carbocycles. The molecule has 1 aromatic rings. The van der Waals surface area contributed by atoms with Crippen LogP contribution in [0.2, 0.25) is 0 Å². The summed E-state index contributed by atoms with van der Waals surface area (Å²) in [5, 5.41) is 3.47. The molecular weight excluding hydrogens is 384 g/mol. The molecule has 0 bridgehead atoms. The standard InChI is InChI=1S/C22H34N4O2S/c1-2-23-21(25-16-13-22(18-25)11-6-12-22)24-17-19-9-14-26(15-10-19)29(27,28)20-7-4-3-5-8-20/h3-5,7-8,19H,2,6,9-18H2,1H3,(H,23,24). The van der Waals surface area contributed by atoms with Gasteiger partial charge in [0.05, 0.1) is 4.90 Å². The van der Waals surface area contributed by atoms with Crippen LogP contribution in [0.15, 0.2) is 40.2 Å². The Balaban J connectivity index is 1.32. The highest BCUT2D eigenvalue weighted by Gasteiger charge is 2.43. The molecule has 7 heteroatoms. The van der Waals surface area contributed by atoms with Crippen molar-refractivity contribution in [1.29, 1.82) is 0 Å². The highest BCUT2D eigenvalue weighted by Crippen LogP contribution is 2.47. The highest BCUT2D eigenvalue weighted by atomic mass is 32.2. The number of rotatable bonds is 5. The second-order valence-electron chi connectivity index (χ2n) is 8.88. The maximum absolute atomic E-state index is 12.8. The summed E-state index contributed by atoms with van der Waals surface area (Å²) >= 11 is 0. The molecule has 2 saturated heterocycles. The fourth-order valence-corrected chi connectivity index (χ4v) is 6.41. The van der Waals surface area contributed by atoms with Crippen LogP contribution in [0.25, 0.3) is 0 Å². The van der Waals surface area contributed by atoms with Crippen LogP contribution >= 0.6 is 0 Å². The van der Waals surface area contributed by atoms with E-state index in [4.69, 9.17) is 4.99 Å². The van der Waals surface area contributed by atoms with Gasteiger partial charge in [0, 0.05) is 39.3 Å². The van der Waals surface area contributed by atoms with E-state index in [0.717, 1.165) is 45.0 Å². The molecule has 3 fully saturated rings. The molecule has 1 spiro atoms. The van der Waals surface area contributed by atoms with E-state index in [2.05, 4.69) is 17.1 Å². The molecule has 29 heavy (non-hydrogen) atoms. The van der Waals surface area contributed by atoms with Crippen molar-refractivity contribution in [2.45, 2.75) is 50.3 Å². The van der Waals surface area contributed by atoms with Gasteiger partial charge >= 0.3 is 0 Å². The molecule has 2 heterocycles. The quantitative estimate of drug-likeness (QED) is 0.590. The van der Waals surface area contributed by atoms with E-state index in [1.54, 1.807) is 28.6 Å². The predicted octanol–water partition coefficient (Wildman–Crippen LogP) is 2.93. The number of hydrogen-bond acceptors (Lipinski definition) is 3. The lowest BCUT2D eigenvalue weighted by Crippen LogP contribution is -2.43. The third-order valence-electron chi connectivity index (χ3n) is 6.94. The maximum Gasteiger partial charge on any atom is 0.243 e. The number of sulfonamides is 1. The lowest BCUT2D eigenvalue weighted by Gasteiger charge is -2.38. The molecule has 1 aromatic carbocycles. The van der Waals surface area contributed by atoms with E-state index in [1.807, 2.05) is 6.07 Å². The van der Waals surface area contributed by atoms with E-state index in [0.29, 0.717) is 29.3 Å². The predicted molar refractivity (Wildman–Crippen MR) is 116 cm³/mol. The number of nitrogens with zero attached hydrogens (tertiary/aromatic N) is 3. The van der Waals surface area contributed by atoms with Gasteiger partial charge in [0.15, 0.2) is 5.96 Å². The molecule has 3 aliphatic rings. The summed E-state index contributed by atoms with van der Waals surface area (Å²) in [7, 11) is -3.37. The zero-order valence-corrected chi connectivity index (χ0v) is 18.3. The average Bonchev–Trinajstić information content (AvgIpc) is 3.18. The first-order valence-corrected chi connectivity index (χ1v) is 12.5. The molecule has 1 saturated carbocycles. The Morgan fingerprint density at radius 1 is 1.14 bits per heavy atom. The number of likely N-dealkylation sites (tertiary alicyclic amines) is 1. The highest BCUT2D eigenvalue weighted by molar-refractivity contribution is 7.89. The number of aliphatic imine (C=N–C) groups is 1. The zero-order chi connectivity index (χ0) is 20.3. The van der Waals surface area contributed by atoms with Crippen LogP contribution in [0.4, 0.5) is 0 Å². The molecule has 0 unspecified atom stereocenters. The number of piperidine rings is 1. The molecule has 0 atom stereocenters. The minimum Gasteiger partial charge on any atom is -0.357 e. The van der Waals surface area contributed by atoms with Gasteiger partial charge in [-0.3, -0.25) is 4.99 Å². The maximum atomic E-state index is 12.8. The molecule has 1 N–H and O–H groups in total. The Labute approximate surface area is 175 Å². The van der Waals surface area contributed by atoms with Crippen molar-refractivity contribution in [3.8, 4) is 0 Å². The summed E-state index contributed by atoms with van der Waals surface area (Å²) < 4.78 is 27.2. The van der Waals surface area contributed by atoms with Crippen molar-refractivity contribution >= 4 is 16.0 Å². The normalized spacial score (nSPS) is 23.3. The van der Waals surface area contributed by atoms with Gasteiger partial charge in [0.25, 0.3) is 0 Å². The van der Waals surface area contributed by atoms with Gasteiger partial charge in [0.2, 0.25) is 10.0 Å². The average molecular weight is 419 g/mol. The van der Waals surface area contributed by atoms with E-state index in [-0.39, 0.29) is 0 Å². The second kappa shape index (κ2) is 8.64. The van der Waals surface area contributed by atoms with Gasteiger partial charge in [-0.15, -0.1) is 0 Å². The zero-order valence-electron chi connectivity index (χ0n) is 17.5. The fourth-order valence-electron chi connectivity index (χ4n) is 4.92. The molecule has 6 nitrogen and oxygen atoms in total. The van der Waals surface area contributed by atoms with Gasteiger partial charge in [-0.05, 0) is 62.5 Å². The van der Waals surface area contributed by atoms with Crippen LogP contribution in [0.5, 0.6) is 0 Å². The van der Waals surface area contributed by atoms with E-state index >= 15 is 0 Å². The van der Waals surface area contributed by atoms with Crippen molar-refractivity contribution in [2.24, 2.45) is 16.3 Å². The lowest BCUT2D eigenvalue weighted by molar-refractivity contribution is 0.151. The minimum absolute atomic E-state index is 0.393. The Kier molecular flexibility index (Phi) is 6.16. The van der Waals surface area contributed by atoms with Crippen molar-refractivity contribution in [1.82, 2.24) is 14.5 Å². The first-order valence-electron chi connectivity index (χ1n) is 11.1. The summed E-state index contributed by atoms with van der Waals surface area (Å²) in [6.45, 7) is 7.21. The van der Waals surface area contributed by atoms with Crippen LogP contribution in [-0.4, -0.2) is 62.9 Å². The van der Waals surface area contributed by atoms with Crippen molar-refractivity contribution in [3.63, 3.8) is 0 Å². The van der Waals surface area contributed by atoms with Crippen molar-refractivity contribution < 1.29 is 8.42 Å². The SMILES string of the molecule is CCNC(=NCC1CCN(S(=O)(=O)c2ccccc2)CC1)N1CCC2(CCC2)C1. The van der Waals surface area contributed by atoms with E-state index in [1.165, 1.54) is 25.7 Å². The van der Waals surface area contributed by atoms with Crippen LogP contribution < -0.4 is 5.32 Å². The van der Waals surface area contributed by atoms with Gasteiger partial charge < -0.3 is 10.2 Å². The number of benzene rings is 1. The topological polar surface area (TPSA) is 65.0 Å². The summed E-state index contributed by atoms with van der Waals surface area (Å²) in [5.74, 6) is 1.50. The van der Waals surface area contributed by atoms with Crippen LogP contribution in [0.1, 0.15) is 45.4 Å². The Bertz CT molecular complexity index is 812. The smallest absolute Gasteiger partial charge is 0.243 e. The Morgan fingerprint density at radius 2 is 1.86 bits per heavy atom. The summed E-state index contributed by atoms with van der Waals surface area (Å²) in [4.78, 5) is 7.79. The lowest BCUT2D eigenvalue weighted by atomic mass is 9.68. The van der Waals surface area contributed by atoms with Crippen LogP contribution in [-0.2, 0) is 10.0 Å². The molecular formula is C22H34N4O2S. The number of guanidine groups is 1. The third kappa shape index (κ3) is 4.45. The van der Waals surface area contributed by atoms with Gasteiger partial charge in [-0.2, -0.15) is 4.31 Å². The molecule has 4 rings (SSSR count). The largest absolute Gasteiger partial charge is 0.357 e. The van der Waals surface area contributed by atoms with Gasteiger partial charge in [-0.1, -0.05) is 24.6 Å². The molecule has 0 aromatic heterocycles. The fraction of sp³-hybridized carbons (Fsp3) is 0.682. The third-order valence-corrected chi connectivity index (χ3v) is 8.85. The Hall–Kier alpha value is -1.60. The first kappa shape index (κ1) is 20.7. The monoisotopic (exact) mass is 418 g/mol. The van der Waals surface area contributed by atoms with E-state index in [9.17, 15) is 8.42 Å². The van der Waals surface area contributed by atoms with Gasteiger partial charge in [-0.25, -0.2) is 8.42 Å². The number of hydrogen-bond donors (Lipinski definition) is 1. The van der Waals surface area contributed by atoms with Gasteiger partial charge in [0.1, 0.15) is 0 Å². The Morgan fingerprint density at radius 3 is 2.45 bits per heavy atom. The van der Waals surface area contributed by atoms with Crippen molar-refractivity contribution in [2.75, 3.05) is 39.3 Å². The number of nitrogens with one attached hydrogen (secondary N) is 1. The first-order chi connectivity index (χ1) is 14.0. The van der Waals surface area contributed by atoms with Crippen LogP contribution in [0, 0.1) is 11.3 Å². The molecule has 0 amide bonds. The summed E-state index contributed by atoms with van der Waals surface area (Å²) in [6.07, 6.45) is 7.17. The molecule has 160 valence electrons.